The van der Waals surface area contributed by atoms with Crippen molar-refractivity contribution >= 4 is 50.9 Å². The average molecular weight is 647 g/mol. The molecule has 3 amide bonds. The minimum atomic E-state index is -1.02. The predicted molar refractivity (Wildman–Crippen MR) is 185 cm³/mol. The highest BCUT2D eigenvalue weighted by atomic mass is 32.2. The van der Waals surface area contributed by atoms with E-state index in [-0.39, 0.29) is 17.7 Å². The summed E-state index contributed by atoms with van der Waals surface area (Å²) >= 11 is 3.52. The molecule has 0 unspecified atom stereocenters. The van der Waals surface area contributed by atoms with Gasteiger partial charge in [-0.1, -0.05) is 61.4 Å². The Morgan fingerprint density at radius 2 is 1.60 bits per heavy atom. The minimum Gasteiger partial charge on any atom is -0.354 e. The summed E-state index contributed by atoms with van der Waals surface area (Å²) in [6.07, 6.45) is 8.09. The predicted octanol–water partition coefficient (Wildman–Crippen LogP) is 5.64. The first-order chi connectivity index (χ1) is 22.0. The van der Waals surface area contributed by atoms with Crippen LogP contribution in [0.25, 0.3) is 10.1 Å². The maximum atomic E-state index is 14.0. The zero-order valence-electron chi connectivity index (χ0n) is 26.1. The van der Waals surface area contributed by atoms with E-state index in [0.717, 1.165) is 60.3 Å². The molecule has 7 nitrogen and oxygen atoms in total. The van der Waals surface area contributed by atoms with Gasteiger partial charge in [-0.3, -0.25) is 14.4 Å². The number of likely N-dealkylation sites (tertiary alicyclic amines) is 1. The van der Waals surface area contributed by atoms with Gasteiger partial charge >= 0.3 is 0 Å². The molecule has 3 heterocycles. The Morgan fingerprint density at radius 3 is 2.33 bits per heavy atom. The van der Waals surface area contributed by atoms with Gasteiger partial charge in [0.1, 0.15) is 11.6 Å². The second-order valence-corrected chi connectivity index (χ2v) is 15.5. The van der Waals surface area contributed by atoms with Crippen molar-refractivity contribution in [2.75, 3.05) is 37.7 Å². The number of thiophene rings is 1. The quantitative estimate of drug-likeness (QED) is 0.251. The molecule has 3 fully saturated rings. The van der Waals surface area contributed by atoms with E-state index in [9.17, 15) is 14.4 Å². The van der Waals surface area contributed by atoms with Gasteiger partial charge in [0.05, 0.1) is 4.88 Å². The van der Waals surface area contributed by atoms with Crippen molar-refractivity contribution in [3.63, 3.8) is 0 Å². The van der Waals surface area contributed by atoms with Crippen molar-refractivity contribution < 1.29 is 14.4 Å². The van der Waals surface area contributed by atoms with Crippen molar-refractivity contribution in [1.82, 2.24) is 20.9 Å². The molecule has 1 atom stereocenters. The van der Waals surface area contributed by atoms with Gasteiger partial charge in [-0.2, -0.15) is 11.8 Å². The number of thioether (sulfide) groups is 1. The zero-order valence-corrected chi connectivity index (χ0v) is 27.7. The van der Waals surface area contributed by atoms with E-state index >= 15 is 0 Å². The van der Waals surface area contributed by atoms with Crippen LogP contribution in [-0.2, 0) is 16.0 Å². The van der Waals surface area contributed by atoms with E-state index in [4.69, 9.17) is 0 Å². The molecule has 2 aromatic carbocycles. The first-order valence-electron chi connectivity index (χ1n) is 16.7. The van der Waals surface area contributed by atoms with Crippen LogP contribution in [0.5, 0.6) is 0 Å². The zero-order chi connectivity index (χ0) is 31.1. The minimum absolute atomic E-state index is 0.154. The van der Waals surface area contributed by atoms with Crippen LogP contribution in [0.15, 0.2) is 60.7 Å². The van der Waals surface area contributed by atoms with Crippen LogP contribution >= 0.6 is 23.1 Å². The topological polar surface area (TPSA) is 90.5 Å². The summed E-state index contributed by atoms with van der Waals surface area (Å²) in [5.74, 6) is 3.23. The Bertz CT molecular complexity index is 1410. The summed E-state index contributed by atoms with van der Waals surface area (Å²) in [5.41, 5.74) is -0.0334. The normalized spacial score (nSPS) is 20.1. The van der Waals surface area contributed by atoms with Crippen LogP contribution in [0.1, 0.15) is 66.6 Å². The number of nitrogens with zero attached hydrogens (tertiary/aromatic N) is 1. The van der Waals surface area contributed by atoms with Gasteiger partial charge in [0.25, 0.3) is 5.91 Å². The molecule has 2 saturated heterocycles. The third-order valence-electron chi connectivity index (χ3n) is 9.93. The molecule has 240 valence electrons. The number of rotatable bonds is 11. The number of hydrogen-bond acceptors (Lipinski definition) is 6. The summed E-state index contributed by atoms with van der Waals surface area (Å²) in [7, 11) is 0. The van der Waals surface area contributed by atoms with Crippen molar-refractivity contribution in [2.24, 2.45) is 11.8 Å². The van der Waals surface area contributed by atoms with Crippen LogP contribution in [0.2, 0.25) is 0 Å². The molecule has 0 bridgehead atoms. The number of hydrogen-bond donors (Lipinski definition) is 3. The highest BCUT2D eigenvalue weighted by molar-refractivity contribution is 7.99. The molecule has 2 aliphatic heterocycles. The molecule has 45 heavy (non-hydrogen) atoms. The first-order valence-corrected chi connectivity index (χ1v) is 18.7. The summed E-state index contributed by atoms with van der Waals surface area (Å²) < 4.78 is 1.04. The SMILES string of the molecule is O=C(NC1(C(=O)N[C@H](Cc2ccccc2)C(=O)NCC2CCN(CC3CCSCC3)CC2)CCCC1)c1cc2ccccc2s1. The fourth-order valence-corrected chi connectivity index (χ4v) is 9.31. The Labute approximate surface area is 275 Å². The van der Waals surface area contributed by atoms with Crippen LogP contribution in [0.4, 0.5) is 0 Å². The number of carbonyl (C=O) groups is 3. The molecule has 0 radical (unpaired) electrons. The van der Waals surface area contributed by atoms with E-state index in [1.807, 2.05) is 60.7 Å². The molecule has 3 aliphatic rings. The number of amides is 3. The lowest BCUT2D eigenvalue weighted by molar-refractivity contribution is -0.132. The summed E-state index contributed by atoms with van der Waals surface area (Å²) in [6, 6.07) is 18.9. The highest BCUT2D eigenvalue weighted by Gasteiger charge is 2.44. The fraction of sp³-hybridized carbons (Fsp3) is 0.528. The lowest BCUT2D eigenvalue weighted by Gasteiger charge is -2.35. The Hall–Kier alpha value is -2.88. The second-order valence-electron chi connectivity index (χ2n) is 13.2. The lowest BCUT2D eigenvalue weighted by Crippen LogP contribution is -2.61. The molecule has 6 rings (SSSR count). The van der Waals surface area contributed by atoms with Crippen molar-refractivity contribution in [3.05, 3.63) is 71.1 Å². The number of benzene rings is 2. The van der Waals surface area contributed by atoms with Gasteiger partial charge in [0.15, 0.2) is 0 Å². The van der Waals surface area contributed by atoms with Crippen molar-refractivity contribution in [2.45, 2.75) is 69.4 Å². The highest BCUT2D eigenvalue weighted by Crippen LogP contribution is 2.32. The number of fused-ring (bicyclic) bond motifs is 1. The molecule has 1 aromatic heterocycles. The lowest BCUT2D eigenvalue weighted by atomic mass is 9.93. The van der Waals surface area contributed by atoms with Crippen LogP contribution in [0, 0.1) is 11.8 Å². The van der Waals surface area contributed by atoms with E-state index in [0.29, 0.717) is 36.6 Å². The molecular formula is C36H46N4O3S2. The van der Waals surface area contributed by atoms with E-state index in [1.165, 1.54) is 42.2 Å². The molecular weight excluding hydrogens is 601 g/mol. The molecule has 9 heteroatoms. The Morgan fingerprint density at radius 1 is 0.889 bits per heavy atom. The van der Waals surface area contributed by atoms with E-state index in [1.54, 1.807) is 0 Å². The molecule has 1 saturated carbocycles. The number of piperidine rings is 1. The van der Waals surface area contributed by atoms with Gasteiger partial charge in [0, 0.05) is 24.2 Å². The number of nitrogens with one attached hydrogen (secondary N) is 3. The van der Waals surface area contributed by atoms with Crippen molar-refractivity contribution in [3.8, 4) is 0 Å². The van der Waals surface area contributed by atoms with Gasteiger partial charge in [-0.15, -0.1) is 11.3 Å². The number of carbonyl (C=O) groups excluding carboxylic acids is 3. The molecule has 3 N–H and O–H groups in total. The first kappa shape index (κ1) is 32.1. The summed E-state index contributed by atoms with van der Waals surface area (Å²) in [5, 5.41) is 10.4. The Kier molecular flexibility index (Phi) is 10.8. The van der Waals surface area contributed by atoms with Crippen LogP contribution in [0.3, 0.4) is 0 Å². The average Bonchev–Trinajstić information content (AvgIpc) is 3.73. The second kappa shape index (κ2) is 15.1. The standard InChI is InChI=1S/C36H46N4O3S2/c41-33(37-24-27-12-18-40(19-13-27)25-28-14-20-44-21-15-28)30(22-26-8-2-1-3-9-26)38-35(43)36(16-6-7-17-36)39-34(42)32-23-29-10-4-5-11-31(29)45-32/h1-5,8-11,23,27-28,30H,6-7,12-22,24-25H2,(H,37,41)(H,38,43)(H,39,42)/t30-/m1/s1. The third-order valence-corrected chi connectivity index (χ3v) is 12.1. The summed E-state index contributed by atoms with van der Waals surface area (Å²) in [4.78, 5) is 44.3. The van der Waals surface area contributed by atoms with Gasteiger partial charge in [-0.25, -0.2) is 0 Å². The van der Waals surface area contributed by atoms with Gasteiger partial charge in [-0.05, 0) is 98.0 Å². The largest absolute Gasteiger partial charge is 0.354 e. The molecule has 1 aliphatic carbocycles. The van der Waals surface area contributed by atoms with E-state index < -0.39 is 11.6 Å². The maximum Gasteiger partial charge on any atom is 0.262 e. The molecule has 3 aromatic rings. The molecule has 0 spiro atoms. The van der Waals surface area contributed by atoms with Crippen LogP contribution in [-0.4, -0.2) is 71.9 Å². The van der Waals surface area contributed by atoms with E-state index in [2.05, 4.69) is 32.6 Å². The summed E-state index contributed by atoms with van der Waals surface area (Å²) in [6.45, 7) is 4.03. The monoisotopic (exact) mass is 646 g/mol. The smallest absolute Gasteiger partial charge is 0.262 e. The fourth-order valence-electron chi connectivity index (χ4n) is 7.15. The van der Waals surface area contributed by atoms with Crippen molar-refractivity contribution in [1.29, 1.82) is 0 Å². The third kappa shape index (κ3) is 8.29. The van der Waals surface area contributed by atoms with Gasteiger partial charge in [0.2, 0.25) is 11.8 Å². The Balaban J connectivity index is 1.08. The van der Waals surface area contributed by atoms with Gasteiger partial charge < -0.3 is 20.9 Å². The maximum absolute atomic E-state index is 14.0. The van der Waals surface area contributed by atoms with Crippen LogP contribution < -0.4 is 16.0 Å².